The zero-order chi connectivity index (χ0) is 17.5. The first-order valence-electron chi connectivity index (χ1n) is 6.84. The van der Waals surface area contributed by atoms with Crippen LogP contribution in [0.5, 0.6) is 11.5 Å². The maximum Gasteiger partial charge on any atom is 0.316 e. The topological polar surface area (TPSA) is 66.8 Å². The average molecular weight is 405 g/mol. The van der Waals surface area contributed by atoms with E-state index in [2.05, 4.69) is 0 Å². The Morgan fingerprint density at radius 1 is 0.958 bits per heavy atom. The number of rotatable bonds is 7. The molecule has 0 aliphatic rings. The third kappa shape index (κ3) is 6.02. The minimum Gasteiger partial charge on any atom is -0.506 e. The zero-order valence-corrected chi connectivity index (χ0v) is 15.5. The second-order valence-electron chi connectivity index (χ2n) is 4.58. The Bertz CT molecular complexity index is 725. The highest BCUT2D eigenvalue weighted by Crippen LogP contribution is 2.30. The lowest BCUT2D eigenvalue weighted by Crippen LogP contribution is -2.09. The van der Waals surface area contributed by atoms with Crippen molar-refractivity contribution in [3.05, 3.63) is 46.4 Å². The molecule has 0 radical (unpaired) electrons. The zero-order valence-electron chi connectivity index (χ0n) is 12.4. The van der Waals surface area contributed by atoms with E-state index in [4.69, 9.17) is 27.9 Å². The number of ether oxygens (including phenoxy) is 1. The molecule has 0 saturated carbocycles. The number of benzene rings is 2. The molecular formula is C16H14Cl2O4S2. The molecule has 0 atom stereocenters. The molecule has 2 aromatic rings. The van der Waals surface area contributed by atoms with Crippen molar-refractivity contribution >= 4 is 52.7 Å². The number of carbonyl (C=O) groups excluding carboxylic acids is 1. The Morgan fingerprint density at radius 2 is 1.50 bits per heavy atom. The number of hydrogen-bond donors (Lipinski definition) is 2. The van der Waals surface area contributed by atoms with Crippen LogP contribution in [-0.2, 0) is 9.53 Å². The Morgan fingerprint density at radius 3 is 2.04 bits per heavy atom. The van der Waals surface area contributed by atoms with Crippen LogP contribution in [0.25, 0.3) is 0 Å². The Balaban J connectivity index is 1.67. The Kier molecular flexibility index (Phi) is 7.42. The summed E-state index contributed by atoms with van der Waals surface area (Å²) in [6, 6.07) is 9.69. The van der Waals surface area contributed by atoms with Gasteiger partial charge < -0.3 is 14.9 Å². The summed E-state index contributed by atoms with van der Waals surface area (Å²) in [6.45, 7) is 0.277. The molecule has 24 heavy (non-hydrogen) atoms. The minimum atomic E-state index is -0.325. The maximum absolute atomic E-state index is 11.7. The van der Waals surface area contributed by atoms with E-state index in [1.807, 2.05) is 0 Å². The molecule has 0 fully saturated rings. The molecule has 0 aliphatic heterocycles. The first-order chi connectivity index (χ1) is 11.5. The van der Waals surface area contributed by atoms with E-state index < -0.39 is 0 Å². The molecule has 0 amide bonds. The van der Waals surface area contributed by atoms with Gasteiger partial charge in [0.25, 0.3) is 0 Å². The molecule has 2 rings (SSSR count). The predicted molar refractivity (Wildman–Crippen MR) is 98.6 cm³/mol. The van der Waals surface area contributed by atoms with Crippen molar-refractivity contribution in [2.24, 2.45) is 0 Å². The molecular weight excluding hydrogens is 391 g/mol. The van der Waals surface area contributed by atoms with E-state index in [9.17, 15) is 15.0 Å². The lowest BCUT2D eigenvalue weighted by molar-refractivity contribution is -0.139. The van der Waals surface area contributed by atoms with Gasteiger partial charge in [-0.3, -0.25) is 4.79 Å². The summed E-state index contributed by atoms with van der Waals surface area (Å²) in [5.74, 6) is 0.474. The molecule has 0 spiro atoms. The summed E-state index contributed by atoms with van der Waals surface area (Å²) in [5, 5.41) is 19.2. The van der Waals surface area contributed by atoms with Crippen LogP contribution in [0.2, 0.25) is 10.0 Å². The van der Waals surface area contributed by atoms with Crippen molar-refractivity contribution < 1.29 is 19.7 Å². The number of esters is 1. The van der Waals surface area contributed by atoms with Crippen molar-refractivity contribution in [2.75, 3.05) is 18.1 Å². The summed E-state index contributed by atoms with van der Waals surface area (Å²) < 4.78 is 5.15. The summed E-state index contributed by atoms with van der Waals surface area (Å²) in [5.41, 5.74) is 0. The maximum atomic E-state index is 11.7. The molecule has 0 bridgehead atoms. The molecule has 0 heterocycles. The number of halogens is 2. The molecule has 0 aliphatic carbocycles. The summed E-state index contributed by atoms with van der Waals surface area (Å²) in [7, 11) is 0. The standard InChI is InChI=1S/C16H14Cl2O4S2/c17-12-7-10(1-3-14(12)19)23-6-5-22-16(21)9-24-11-2-4-15(20)13(18)8-11/h1-4,7-8,19-20H,5-6,9H2. The van der Waals surface area contributed by atoms with E-state index >= 15 is 0 Å². The van der Waals surface area contributed by atoms with Crippen LogP contribution < -0.4 is 0 Å². The third-order valence-electron chi connectivity index (χ3n) is 2.81. The lowest BCUT2D eigenvalue weighted by atomic mass is 10.3. The van der Waals surface area contributed by atoms with Crippen LogP contribution in [0.3, 0.4) is 0 Å². The van der Waals surface area contributed by atoms with Gasteiger partial charge >= 0.3 is 5.97 Å². The van der Waals surface area contributed by atoms with Crippen molar-refractivity contribution in [3.63, 3.8) is 0 Å². The van der Waals surface area contributed by atoms with Crippen LogP contribution in [0.15, 0.2) is 46.2 Å². The molecule has 8 heteroatoms. The van der Waals surface area contributed by atoms with E-state index in [0.717, 1.165) is 9.79 Å². The lowest BCUT2D eigenvalue weighted by Gasteiger charge is -2.06. The smallest absolute Gasteiger partial charge is 0.316 e. The van der Waals surface area contributed by atoms with Crippen molar-refractivity contribution in [1.82, 2.24) is 0 Å². The fourth-order valence-electron chi connectivity index (χ4n) is 1.65. The fourth-order valence-corrected chi connectivity index (χ4v) is 3.65. The normalized spacial score (nSPS) is 10.6. The van der Waals surface area contributed by atoms with Crippen molar-refractivity contribution in [2.45, 2.75) is 9.79 Å². The fraction of sp³-hybridized carbons (Fsp3) is 0.188. The van der Waals surface area contributed by atoms with Crippen LogP contribution in [0, 0.1) is 0 Å². The van der Waals surface area contributed by atoms with Gasteiger partial charge in [0.05, 0.1) is 15.8 Å². The van der Waals surface area contributed by atoms with Crippen LogP contribution >= 0.6 is 46.7 Å². The van der Waals surface area contributed by atoms with Crippen molar-refractivity contribution in [3.8, 4) is 11.5 Å². The third-order valence-corrected chi connectivity index (χ3v) is 5.34. The molecule has 4 nitrogen and oxygen atoms in total. The first kappa shape index (κ1) is 19.1. The average Bonchev–Trinajstić information content (AvgIpc) is 2.56. The van der Waals surface area contributed by atoms with E-state index in [1.165, 1.54) is 35.7 Å². The largest absolute Gasteiger partial charge is 0.506 e. The van der Waals surface area contributed by atoms with E-state index in [1.54, 1.807) is 24.3 Å². The Labute approximate surface area is 158 Å². The molecule has 0 aromatic heterocycles. The quantitative estimate of drug-likeness (QED) is 0.391. The van der Waals surface area contributed by atoms with Gasteiger partial charge in [-0.15, -0.1) is 23.5 Å². The molecule has 0 unspecified atom stereocenters. The number of phenols is 2. The van der Waals surface area contributed by atoms with Gasteiger partial charge in [0.1, 0.15) is 18.1 Å². The molecule has 0 saturated heterocycles. The van der Waals surface area contributed by atoms with Gasteiger partial charge in [0.2, 0.25) is 0 Å². The van der Waals surface area contributed by atoms with E-state index in [-0.39, 0.29) is 34.9 Å². The van der Waals surface area contributed by atoms with Gasteiger partial charge in [-0.25, -0.2) is 0 Å². The molecule has 2 aromatic carbocycles. The monoisotopic (exact) mass is 404 g/mol. The highest BCUT2D eigenvalue weighted by Gasteiger charge is 2.07. The van der Waals surface area contributed by atoms with Gasteiger partial charge in [0, 0.05) is 15.5 Å². The summed E-state index contributed by atoms with van der Waals surface area (Å²) >= 11 is 14.4. The molecule has 128 valence electrons. The second-order valence-corrected chi connectivity index (χ2v) is 7.62. The second kappa shape index (κ2) is 9.32. The van der Waals surface area contributed by atoms with Crippen LogP contribution in [0.4, 0.5) is 0 Å². The highest BCUT2D eigenvalue weighted by atomic mass is 35.5. The van der Waals surface area contributed by atoms with Crippen LogP contribution in [-0.4, -0.2) is 34.3 Å². The SMILES string of the molecule is O=C(CSc1ccc(O)c(Cl)c1)OCCSc1ccc(O)c(Cl)c1. The van der Waals surface area contributed by atoms with Gasteiger partial charge in [0.15, 0.2) is 0 Å². The highest BCUT2D eigenvalue weighted by molar-refractivity contribution is 8.00. The molecule has 2 N–H and O–H groups in total. The number of thioether (sulfide) groups is 2. The predicted octanol–water partition coefficient (Wildman–Crippen LogP) is 4.83. The minimum absolute atomic E-state index is 0.00921. The summed E-state index contributed by atoms with van der Waals surface area (Å²) in [6.07, 6.45) is 0. The van der Waals surface area contributed by atoms with E-state index in [0.29, 0.717) is 10.8 Å². The van der Waals surface area contributed by atoms with Gasteiger partial charge in [-0.05, 0) is 36.4 Å². The Hall–Kier alpha value is -1.21. The van der Waals surface area contributed by atoms with Crippen molar-refractivity contribution in [1.29, 1.82) is 0 Å². The van der Waals surface area contributed by atoms with Crippen LogP contribution in [0.1, 0.15) is 0 Å². The van der Waals surface area contributed by atoms with Gasteiger partial charge in [-0.1, -0.05) is 23.2 Å². The number of phenolic OH excluding ortho intramolecular Hbond substituents is 2. The summed E-state index contributed by atoms with van der Waals surface area (Å²) in [4.78, 5) is 13.4. The van der Waals surface area contributed by atoms with Gasteiger partial charge in [-0.2, -0.15) is 0 Å². The number of aromatic hydroxyl groups is 2. The number of hydrogen-bond acceptors (Lipinski definition) is 6. The first-order valence-corrected chi connectivity index (χ1v) is 9.56. The number of carbonyl (C=O) groups is 1.